The number of hydrogen-bond donors (Lipinski definition) is 0. The minimum Gasteiger partial charge on any atom is -0.368 e. The molecule has 0 unspecified atom stereocenters. The van der Waals surface area contributed by atoms with Crippen molar-refractivity contribution in [1.29, 1.82) is 0 Å². The largest absolute Gasteiger partial charge is 0.368 e. The minimum atomic E-state index is 0.00961. The van der Waals surface area contributed by atoms with Gasteiger partial charge >= 0.3 is 0 Å². The van der Waals surface area contributed by atoms with Crippen LogP contribution >= 0.6 is 0 Å². The van der Waals surface area contributed by atoms with Crippen molar-refractivity contribution in [3.05, 3.63) is 17.5 Å². The number of likely N-dealkylation sites (tertiary alicyclic amines) is 1. The summed E-state index contributed by atoms with van der Waals surface area (Å²) < 4.78 is 7.37. The number of nitrogens with zero attached hydrogens (tertiary/aromatic N) is 4. The normalized spacial score (nSPS) is 25.9. The minimum absolute atomic E-state index is 0.00961. The standard InChI is InChI=1S/C15H22N4O3/c1-10-12(8-18(3)16-10)15(21)19-5-4-13-11(7-19)6-17(2)14(20)9-22-13/h8,11,13H,4-7,9H2,1-3H3/t11-,13-/m0/s1. The molecule has 0 aromatic carbocycles. The second-order valence-corrected chi connectivity index (χ2v) is 6.23. The van der Waals surface area contributed by atoms with Gasteiger partial charge in [-0.15, -0.1) is 0 Å². The zero-order chi connectivity index (χ0) is 15.9. The molecule has 2 fully saturated rings. The molecule has 7 heteroatoms. The average molecular weight is 306 g/mol. The maximum atomic E-state index is 12.7. The Labute approximate surface area is 129 Å². The third-order valence-electron chi connectivity index (χ3n) is 4.55. The van der Waals surface area contributed by atoms with Crippen LogP contribution in [0.25, 0.3) is 0 Å². The maximum Gasteiger partial charge on any atom is 0.257 e. The van der Waals surface area contributed by atoms with E-state index < -0.39 is 0 Å². The molecule has 2 aliphatic rings. The second-order valence-electron chi connectivity index (χ2n) is 6.23. The molecule has 2 amide bonds. The van der Waals surface area contributed by atoms with Crippen LogP contribution < -0.4 is 0 Å². The van der Waals surface area contributed by atoms with Gasteiger partial charge in [-0.25, -0.2) is 0 Å². The van der Waals surface area contributed by atoms with Gasteiger partial charge in [-0.05, 0) is 13.3 Å². The van der Waals surface area contributed by atoms with E-state index in [1.165, 1.54) is 0 Å². The number of hydrogen-bond acceptors (Lipinski definition) is 4. The average Bonchev–Trinajstić information content (AvgIpc) is 2.75. The smallest absolute Gasteiger partial charge is 0.257 e. The first-order chi connectivity index (χ1) is 10.5. The van der Waals surface area contributed by atoms with Gasteiger partial charge < -0.3 is 14.5 Å². The third kappa shape index (κ3) is 2.72. The van der Waals surface area contributed by atoms with E-state index in [0.29, 0.717) is 25.2 Å². The molecule has 7 nitrogen and oxygen atoms in total. The summed E-state index contributed by atoms with van der Waals surface area (Å²) in [4.78, 5) is 28.0. The Hall–Kier alpha value is -1.89. The lowest BCUT2D eigenvalue weighted by molar-refractivity contribution is -0.133. The van der Waals surface area contributed by atoms with Crippen LogP contribution in [0.3, 0.4) is 0 Å². The van der Waals surface area contributed by atoms with Crippen LogP contribution in [0, 0.1) is 12.8 Å². The molecule has 22 heavy (non-hydrogen) atoms. The molecule has 0 N–H and O–H groups in total. The number of ether oxygens (including phenoxy) is 1. The molecular weight excluding hydrogens is 284 g/mol. The highest BCUT2D eigenvalue weighted by molar-refractivity contribution is 5.95. The van der Waals surface area contributed by atoms with E-state index in [9.17, 15) is 9.59 Å². The Morgan fingerprint density at radius 2 is 2.14 bits per heavy atom. The van der Waals surface area contributed by atoms with E-state index in [1.807, 2.05) is 18.9 Å². The van der Waals surface area contributed by atoms with Gasteiger partial charge in [0.15, 0.2) is 0 Å². The molecule has 0 aliphatic carbocycles. The molecule has 3 rings (SSSR count). The summed E-state index contributed by atoms with van der Waals surface area (Å²) in [6.45, 7) is 3.91. The van der Waals surface area contributed by atoms with Crippen molar-refractivity contribution in [2.75, 3.05) is 33.3 Å². The number of carbonyl (C=O) groups excluding carboxylic acids is 2. The molecule has 0 bridgehead atoms. The highest BCUT2D eigenvalue weighted by Crippen LogP contribution is 2.25. The van der Waals surface area contributed by atoms with Crippen molar-refractivity contribution in [3.63, 3.8) is 0 Å². The molecule has 120 valence electrons. The number of piperidine rings is 1. The Kier molecular flexibility index (Phi) is 3.90. The SMILES string of the molecule is Cc1nn(C)cc1C(=O)N1CC[C@@H]2OCC(=O)N(C)C[C@H]2C1. The molecule has 1 aromatic heterocycles. The van der Waals surface area contributed by atoms with Crippen molar-refractivity contribution in [3.8, 4) is 0 Å². The van der Waals surface area contributed by atoms with E-state index >= 15 is 0 Å². The molecule has 0 saturated carbocycles. The van der Waals surface area contributed by atoms with Crippen LogP contribution in [0.15, 0.2) is 6.20 Å². The highest BCUT2D eigenvalue weighted by atomic mass is 16.5. The fraction of sp³-hybridized carbons (Fsp3) is 0.667. The van der Waals surface area contributed by atoms with E-state index in [-0.39, 0.29) is 30.4 Å². The van der Waals surface area contributed by atoms with Crippen molar-refractivity contribution in [2.24, 2.45) is 13.0 Å². The molecule has 1 aromatic rings. The van der Waals surface area contributed by atoms with Crippen LogP contribution in [-0.4, -0.2) is 70.8 Å². The fourth-order valence-electron chi connectivity index (χ4n) is 3.31. The number of aromatic nitrogens is 2. The third-order valence-corrected chi connectivity index (χ3v) is 4.55. The van der Waals surface area contributed by atoms with E-state index in [1.54, 1.807) is 22.8 Å². The molecule has 2 aliphatic heterocycles. The summed E-state index contributed by atoms with van der Waals surface area (Å²) >= 11 is 0. The monoisotopic (exact) mass is 306 g/mol. The molecule has 3 heterocycles. The van der Waals surface area contributed by atoms with Gasteiger partial charge in [0.05, 0.1) is 17.4 Å². The number of fused-ring (bicyclic) bond motifs is 1. The van der Waals surface area contributed by atoms with Gasteiger partial charge in [-0.3, -0.25) is 14.3 Å². The zero-order valence-electron chi connectivity index (χ0n) is 13.3. The number of likely N-dealkylation sites (N-methyl/N-ethyl adjacent to an activating group) is 1. The second kappa shape index (κ2) is 5.72. The van der Waals surface area contributed by atoms with Gasteiger partial charge in [0.25, 0.3) is 5.91 Å². The van der Waals surface area contributed by atoms with Gasteiger partial charge in [0.1, 0.15) is 6.61 Å². The van der Waals surface area contributed by atoms with Crippen molar-refractivity contribution < 1.29 is 14.3 Å². The van der Waals surface area contributed by atoms with Gasteiger partial charge in [-0.2, -0.15) is 5.10 Å². The van der Waals surface area contributed by atoms with Gasteiger partial charge in [0, 0.05) is 45.8 Å². The first-order valence-electron chi connectivity index (χ1n) is 7.61. The van der Waals surface area contributed by atoms with Gasteiger partial charge in [-0.1, -0.05) is 0 Å². The number of rotatable bonds is 1. The van der Waals surface area contributed by atoms with E-state index in [4.69, 9.17) is 4.74 Å². The van der Waals surface area contributed by atoms with Crippen molar-refractivity contribution in [2.45, 2.75) is 19.4 Å². The fourth-order valence-corrected chi connectivity index (χ4v) is 3.31. The number of aryl methyl sites for hydroxylation is 2. The van der Waals surface area contributed by atoms with Crippen LogP contribution in [-0.2, 0) is 16.6 Å². The summed E-state index contributed by atoms with van der Waals surface area (Å²) in [6, 6.07) is 0. The highest BCUT2D eigenvalue weighted by Gasteiger charge is 2.36. The number of amides is 2. The summed E-state index contributed by atoms with van der Waals surface area (Å²) in [6.07, 6.45) is 2.60. The first kappa shape index (κ1) is 15.0. The Bertz CT molecular complexity index is 598. The van der Waals surface area contributed by atoms with Crippen molar-refractivity contribution in [1.82, 2.24) is 19.6 Å². The van der Waals surface area contributed by atoms with Crippen LogP contribution in [0.4, 0.5) is 0 Å². The van der Waals surface area contributed by atoms with Crippen LogP contribution in [0.5, 0.6) is 0 Å². The first-order valence-corrected chi connectivity index (χ1v) is 7.61. The van der Waals surface area contributed by atoms with Crippen LogP contribution in [0.1, 0.15) is 22.5 Å². The topological polar surface area (TPSA) is 67.7 Å². The molecule has 2 saturated heterocycles. The lowest BCUT2D eigenvalue weighted by atomic mass is 9.93. The number of carbonyl (C=O) groups is 2. The summed E-state index contributed by atoms with van der Waals surface area (Å²) in [5.74, 6) is 0.198. The Morgan fingerprint density at radius 1 is 1.36 bits per heavy atom. The Balaban J connectivity index is 1.74. The Morgan fingerprint density at radius 3 is 2.82 bits per heavy atom. The van der Waals surface area contributed by atoms with Crippen molar-refractivity contribution >= 4 is 11.8 Å². The van der Waals surface area contributed by atoms with Crippen LogP contribution in [0.2, 0.25) is 0 Å². The molecule has 2 atom stereocenters. The summed E-state index contributed by atoms with van der Waals surface area (Å²) in [5, 5.41) is 4.24. The van der Waals surface area contributed by atoms with Gasteiger partial charge in [0.2, 0.25) is 5.91 Å². The maximum absolute atomic E-state index is 12.7. The van der Waals surface area contributed by atoms with E-state index in [0.717, 1.165) is 12.1 Å². The lowest BCUT2D eigenvalue weighted by Crippen LogP contribution is -2.48. The summed E-state index contributed by atoms with van der Waals surface area (Å²) in [5.41, 5.74) is 1.40. The zero-order valence-corrected chi connectivity index (χ0v) is 13.3. The molecule has 0 radical (unpaired) electrons. The predicted molar refractivity (Wildman–Crippen MR) is 79.3 cm³/mol. The quantitative estimate of drug-likeness (QED) is 0.735. The lowest BCUT2D eigenvalue weighted by Gasteiger charge is -2.37. The summed E-state index contributed by atoms with van der Waals surface area (Å²) in [7, 11) is 3.61. The molecular formula is C15H22N4O3. The predicted octanol–water partition coefficient (Wildman–Crippen LogP) is 0.0478. The molecule has 0 spiro atoms. The van der Waals surface area contributed by atoms with E-state index in [2.05, 4.69) is 5.10 Å².